The van der Waals surface area contributed by atoms with Crippen LogP contribution in [0.15, 0.2) is 18.2 Å². The van der Waals surface area contributed by atoms with Crippen LogP contribution in [0.25, 0.3) is 0 Å². The number of hydrogen-bond acceptors (Lipinski definition) is 5. The molecule has 2 rings (SSSR count). The van der Waals surface area contributed by atoms with Crippen LogP contribution in [0.4, 0.5) is 0 Å². The first-order chi connectivity index (χ1) is 13.0. The van der Waals surface area contributed by atoms with Gasteiger partial charge < -0.3 is 24.2 Å². The summed E-state index contributed by atoms with van der Waals surface area (Å²) >= 11 is 0. The Morgan fingerprint density at radius 3 is 2.33 bits per heavy atom. The minimum atomic E-state index is -1.03. The van der Waals surface area contributed by atoms with Crippen molar-refractivity contribution in [3.8, 4) is 11.5 Å². The van der Waals surface area contributed by atoms with E-state index in [-0.39, 0.29) is 19.0 Å². The molecule has 0 aliphatic carbocycles. The number of carboxylic acids is 1. The van der Waals surface area contributed by atoms with E-state index in [1.165, 1.54) is 4.90 Å². The first-order valence-electron chi connectivity index (χ1n) is 9.31. The van der Waals surface area contributed by atoms with E-state index in [0.29, 0.717) is 23.8 Å². The molecule has 150 valence electrons. The number of rotatable bonds is 10. The Labute approximate surface area is 160 Å². The zero-order valence-corrected chi connectivity index (χ0v) is 16.1. The SMILES string of the molecule is COc1cc(CN(CC(=O)O)C(=O)CCCC2CCOCC2)cc(OC)c1. The maximum Gasteiger partial charge on any atom is 0.323 e. The Balaban J connectivity index is 1.96. The molecular weight excluding hydrogens is 350 g/mol. The molecule has 0 aromatic heterocycles. The quantitative estimate of drug-likeness (QED) is 0.673. The van der Waals surface area contributed by atoms with Crippen LogP contribution in [-0.2, 0) is 20.9 Å². The molecule has 0 atom stereocenters. The third kappa shape index (κ3) is 7.09. The summed E-state index contributed by atoms with van der Waals surface area (Å²) in [5.74, 6) is 0.634. The van der Waals surface area contributed by atoms with Crippen LogP contribution < -0.4 is 9.47 Å². The molecule has 0 unspecified atom stereocenters. The number of nitrogens with zero attached hydrogens (tertiary/aromatic N) is 1. The van der Waals surface area contributed by atoms with E-state index in [4.69, 9.17) is 14.2 Å². The van der Waals surface area contributed by atoms with Gasteiger partial charge in [-0.3, -0.25) is 9.59 Å². The molecule has 1 aliphatic heterocycles. The summed E-state index contributed by atoms with van der Waals surface area (Å²) in [5.41, 5.74) is 0.769. The molecule has 1 heterocycles. The van der Waals surface area contributed by atoms with Crippen molar-refractivity contribution in [1.29, 1.82) is 0 Å². The zero-order chi connectivity index (χ0) is 19.6. The normalized spacial score (nSPS) is 14.6. The van der Waals surface area contributed by atoms with Gasteiger partial charge in [0.15, 0.2) is 0 Å². The number of benzene rings is 1. The van der Waals surface area contributed by atoms with Crippen LogP contribution >= 0.6 is 0 Å². The van der Waals surface area contributed by atoms with Crippen LogP contribution in [0.2, 0.25) is 0 Å². The van der Waals surface area contributed by atoms with Gasteiger partial charge in [0, 0.05) is 32.2 Å². The second-order valence-electron chi connectivity index (χ2n) is 6.81. The number of aliphatic carboxylic acids is 1. The molecule has 0 saturated carbocycles. The second kappa shape index (κ2) is 10.8. The average Bonchev–Trinajstić information content (AvgIpc) is 2.67. The van der Waals surface area contributed by atoms with Crippen molar-refractivity contribution in [1.82, 2.24) is 4.90 Å². The van der Waals surface area contributed by atoms with Gasteiger partial charge in [-0.05, 0) is 49.3 Å². The maximum absolute atomic E-state index is 12.6. The van der Waals surface area contributed by atoms with Gasteiger partial charge in [-0.15, -0.1) is 0 Å². The number of ether oxygens (including phenoxy) is 3. The molecular formula is C20H29NO6. The summed E-state index contributed by atoms with van der Waals surface area (Å²) in [5, 5.41) is 9.18. The van der Waals surface area contributed by atoms with E-state index in [9.17, 15) is 14.7 Å². The Morgan fingerprint density at radius 2 is 1.78 bits per heavy atom. The Hall–Kier alpha value is -2.28. The molecule has 0 radical (unpaired) electrons. The third-order valence-corrected chi connectivity index (χ3v) is 4.81. The van der Waals surface area contributed by atoms with Gasteiger partial charge >= 0.3 is 5.97 Å². The smallest absolute Gasteiger partial charge is 0.323 e. The van der Waals surface area contributed by atoms with Crippen LogP contribution in [-0.4, -0.2) is 55.9 Å². The minimum Gasteiger partial charge on any atom is -0.497 e. The predicted octanol–water partition coefficient (Wildman–Crippen LogP) is 2.71. The molecule has 1 aromatic carbocycles. The van der Waals surface area contributed by atoms with Crippen molar-refractivity contribution in [2.75, 3.05) is 34.0 Å². The first-order valence-corrected chi connectivity index (χ1v) is 9.31. The molecule has 7 nitrogen and oxygen atoms in total. The number of amides is 1. The van der Waals surface area contributed by atoms with Crippen LogP contribution in [0.1, 0.15) is 37.7 Å². The minimum absolute atomic E-state index is 0.147. The van der Waals surface area contributed by atoms with Gasteiger partial charge in [0.05, 0.1) is 14.2 Å². The molecule has 0 spiro atoms. The molecule has 0 bridgehead atoms. The van der Waals surface area contributed by atoms with Gasteiger partial charge in [-0.1, -0.05) is 0 Å². The molecule has 7 heteroatoms. The lowest BCUT2D eigenvalue weighted by Crippen LogP contribution is -2.35. The van der Waals surface area contributed by atoms with Crippen molar-refractivity contribution < 1.29 is 28.9 Å². The van der Waals surface area contributed by atoms with E-state index in [2.05, 4.69) is 0 Å². The van der Waals surface area contributed by atoms with Gasteiger partial charge in [-0.2, -0.15) is 0 Å². The van der Waals surface area contributed by atoms with E-state index >= 15 is 0 Å². The summed E-state index contributed by atoms with van der Waals surface area (Å²) in [6, 6.07) is 5.31. The maximum atomic E-state index is 12.6. The molecule has 1 aromatic rings. The molecule has 1 amide bonds. The average molecular weight is 379 g/mol. The lowest BCUT2D eigenvalue weighted by Gasteiger charge is -2.24. The van der Waals surface area contributed by atoms with E-state index < -0.39 is 5.97 Å². The number of carbonyl (C=O) groups is 2. The number of carboxylic acid groups (broad SMARTS) is 1. The summed E-state index contributed by atoms with van der Waals surface area (Å²) < 4.78 is 15.8. The lowest BCUT2D eigenvalue weighted by molar-refractivity contribution is -0.145. The Bertz CT molecular complexity index is 605. The fraction of sp³-hybridized carbons (Fsp3) is 0.600. The number of hydrogen-bond donors (Lipinski definition) is 1. The Morgan fingerprint density at radius 1 is 1.15 bits per heavy atom. The zero-order valence-electron chi connectivity index (χ0n) is 16.1. The van der Waals surface area contributed by atoms with E-state index in [1.54, 1.807) is 32.4 Å². The standard InChI is InChI=1S/C20H29NO6/c1-25-17-10-16(11-18(12-17)26-2)13-21(14-20(23)24)19(22)5-3-4-15-6-8-27-9-7-15/h10-12,15H,3-9,13-14H2,1-2H3,(H,23,24). The summed E-state index contributed by atoms with van der Waals surface area (Å²) in [7, 11) is 3.10. The van der Waals surface area contributed by atoms with Gasteiger partial charge in [0.25, 0.3) is 0 Å². The fourth-order valence-corrected chi connectivity index (χ4v) is 3.31. The summed E-state index contributed by atoms with van der Waals surface area (Å²) in [6.45, 7) is 1.47. The van der Waals surface area contributed by atoms with E-state index in [1.807, 2.05) is 0 Å². The van der Waals surface area contributed by atoms with Crippen LogP contribution in [0.3, 0.4) is 0 Å². The highest BCUT2D eigenvalue weighted by atomic mass is 16.5. The van der Waals surface area contributed by atoms with Crippen molar-refractivity contribution in [3.63, 3.8) is 0 Å². The highest BCUT2D eigenvalue weighted by Crippen LogP contribution is 2.24. The highest BCUT2D eigenvalue weighted by molar-refractivity contribution is 5.81. The molecule has 1 saturated heterocycles. The first kappa shape index (κ1) is 21.0. The van der Waals surface area contributed by atoms with Crippen molar-refractivity contribution in [3.05, 3.63) is 23.8 Å². The van der Waals surface area contributed by atoms with Crippen molar-refractivity contribution in [2.24, 2.45) is 5.92 Å². The van der Waals surface area contributed by atoms with E-state index in [0.717, 1.165) is 44.5 Å². The molecule has 1 aliphatic rings. The number of methoxy groups -OCH3 is 2. The second-order valence-corrected chi connectivity index (χ2v) is 6.81. The highest BCUT2D eigenvalue weighted by Gasteiger charge is 2.19. The van der Waals surface area contributed by atoms with Gasteiger partial charge in [0.2, 0.25) is 5.91 Å². The third-order valence-electron chi connectivity index (χ3n) is 4.81. The van der Waals surface area contributed by atoms with Crippen LogP contribution in [0.5, 0.6) is 11.5 Å². The fourth-order valence-electron chi connectivity index (χ4n) is 3.31. The monoisotopic (exact) mass is 379 g/mol. The lowest BCUT2D eigenvalue weighted by atomic mass is 9.94. The van der Waals surface area contributed by atoms with Gasteiger partial charge in [0.1, 0.15) is 18.0 Å². The van der Waals surface area contributed by atoms with Crippen molar-refractivity contribution in [2.45, 2.75) is 38.6 Å². The largest absolute Gasteiger partial charge is 0.497 e. The van der Waals surface area contributed by atoms with Gasteiger partial charge in [-0.25, -0.2) is 0 Å². The summed E-state index contributed by atoms with van der Waals surface area (Å²) in [6.07, 6.45) is 4.17. The topological polar surface area (TPSA) is 85.3 Å². The molecule has 1 fully saturated rings. The number of carbonyl (C=O) groups excluding carboxylic acids is 1. The van der Waals surface area contributed by atoms with Crippen LogP contribution in [0, 0.1) is 5.92 Å². The summed E-state index contributed by atoms with van der Waals surface area (Å²) in [4.78, 5) is 25.2. The predicted molar refractivity (Wildman–Crippen MR) is 100.0 cm³/mol. The molecule has 27 heavy (non-hydrogen) atoms. The Kier molecular flexibility index (Phi) is 8.39. The molecule has 1 N–H and O–H groups in total. The van der Waals surface area contributed by atoms with Crippen molar-refractivity contribution >= 4 is 11.9 Å².